The average Bonchev–Trinajstić information content (AvgIpc) is 2.76. The predicted molar refractivity (Wildman–Crippen MR) is 60.4 cm³/mol. The highest BCUT2D eigenvalue weighted by atomic mass is 16.5. The molecule has 2 aromatic heterocycles. The van der Waals surface area contributed by atoms with Gasteiger partial charge in [0.25, 0.3) is 5.91 Å². The highest BCUT2D eigenvalue weighted by Crippen LogP contribution is 2.12. The number of amides is 1. The van der Waals surface area contributed by atoms with Crippen molar-refractivity contribution in [3.05, 3.63) is 41.5 Å². The minimum absolute atomic E-state index is 0.00478. The van der Waals surface area contributed by atoms with Crippen molar-refractivity contribution in [2.75, 3.05) is 5.32 Å². The van der Waals surface area contributed by atoms with E-state index in [1.54, 1.807) is 6.92 Å². The summed E-state index contributed by atoms with van der Waals surface area (Å²) in [6.45, 7) is 1.60. The zero-order valence-electron chi connectivity index (χ0n) is 9.38. The summed E-state index contributed by atoms with van der Waals surface area (Å²) in [6, 6.07) is 1.32. The molecule has 0 atom stereocenters. The number of hydrogen-bond donors (Lipinski definition) is 2. The monoisotopic (exact) mass is 247 g/mol. The van der Waals surface area contributed by atoms with Crippen LogP contribution in [0.25, 0.3) is 0 Å². The number of hydrogen-bond acceptors (Lipinski definition) is 5. The van der Waals surface area contributed by atoms with Gasteiger partial charge in [0.15, 0.2) is 0 Å². The molecule has 0 aliphatic heterocycles. The topological polar surface area (TPSA) is 105 Å². The van der Waals surface area contributed by atoms with E-state index in [1.165, 1.54) is 24.7 Å². The van der Waals surface area contributed by atoms with Gasteiger partial charge in [0.1, 0.15) is 11.3 Å². The summed E-state index contributed by atoms with van der Waals surface area (Å²) >= 11 is 0. The summed E-state index contributed by atoms with van der Waals surface area (Å²) in [5.74, 6) is -1.16. The van der Waals surface area contributed by atoms with E-state index in [9.17, 15) is 9.59 Å². The van der Waals surface area contributed by atoms with Gasteiger partial charge in [0, 0.05) is 6.20 Å². The second-order valence-corrected chi connectivity index (χ2v) is 3.52. The molecule has 0 saturated heterocycles. The lowest BCUT2D eigenvalue weighted by Crippen LogP contribution is -2.13. The minimum atomic E-state index is -1.11. The first kappa shape index (κ1) is 11.8. The lowest BCUT2D eigenvalue weighted by molar-refractivity contribution is 0.0696. The molecular weight excluding hydrogens is 238 g/mol. The van der Waals surface area contributed by atoms with Crippen molar-refractivity contribution in [1.82, 2.24) is 10.1 Å². The molecule has 0 unspecified atom stereocenters. The summed E-state index contributed by atoms with van der Waals surface area (Å²) in [4.78, 5) is 26.3. The van der Waals surface area contributed by atoms with E-state index in [4.69, 9.17) is 9.63 Å². The molecule has 0 bridgehead atoms. The van der Waals surface area contributed by atoms with Gasteiger partial charge in [0.05, 0.1) is 23.6 Å². The molecule has 0 spiro atoms. The van der Waals surface area contributed by atoms with E-state index in [2.05, 4.69) is 15.5 Å². The number of nitrogens with one attached hydrogen (secondary N) is 1. The Hall–Kier alpha value is -2.70. The number of aromatic carboxylic acids is 1. The fraction of sp³-hybridized carbons (Fsp3) is 0.0909. The molecule has 0 aliphatic rings. The molecule has 1 amide bonds. The Balaban J connectivity index is 2.20. The number of carbonyl (C=O) groups is 2. The van der Waals surface area contributed by atoms with Gasteiger partial charge in [-0.25, -0.2) is 4.79 Å². The van der Waals surface area contributed by atoms with Crippen LogP contribution in [0.1, 0.15) is 26.5 Å². The van der Waals surface area contributed by atoms with Crippen LogP contribution in [0, 0.1) is 6.92 Å². The molecule has 2 aromatic rings. The number of pyridine rings is 1. The summed E-state index contributed by atoms with van der Waals surface area (Å²) in [6.07, 6.45) is 3.84. The van der Waals surface area contributed by atoms with Gasteiger partial charge in [-0.05, 0) is 13.0 Å². The minimum Gasteiger partial charge on any atom is -0.478 e. The van der Waals surface area contributed by atoms with Gasteiger partial charge in [-0.3, -0.25) is 9.78 Å². The predicted octanol–water partition coefficient (Wildman–Crippen LogP) is 1.33. The maximum absolute atomic E-state index is 11.8. The van der Waals surface area contributed by atoms with Crippen LogP contribution in [0.15, 0.2) is 29.2 Å². The Morgan fingerprint density at radius 3 is 2.72 bits per heavy atom. The third kappa shape index (κ3) is 2.34. The number of aryl methyl sites for hydroxylation is 1. The smallest absolute Gasteiger partial charge is 0.337 e. The van der Waals surface area contributed by atoms with Crippen molar-refractivity contribution in [2.45, 2.75) is 6.92 Å². The zero-order valence-corrected chi connectivity index (χ0v) is 9.38. The van der Waals surface area contributed by atoms with Crippen LogP contribution in [0.5, 0.6) is 0 Å². The summed E-state index contributed by atoms with van der Waals surface area (Å²) < 4.78 is 4.76. The number of carboxylic acid groups (broad SMARTS) is 1. The third-order valence-corrected chi connectivity index (χ3v) is 2.24. The molecule has 2 heterocycles. The first-order valence-electron chi connectivity index (χ1n) is 4.99. The van der Waals surface area contributed by atoms with E-state index >= 15 is 0 Å². The normalized spacial score (nSPS) is 10.1. The van der Waals surface area contributed by atoms with Gasteiger partial charge >= 0.3 is 5.97 Å². The van der Waals surface area contributed by atoms with Crippen LogP contribution in [-0.2, 0) is 0 Å². The van der Waals surface area contributed by atoms with Crippen molar-refractivity contribution < 1.29 is 19.2 Å². The number of rotatable bonds is 3. The van der Waals surface area contributed by atoms with Crippen LogP contribution in [0.2, 0.25) is 0 Å². The van der Waals surface area contributed by atoms with Crippen molar-refractivity contribution in [3.8, 4) is 0 Å². The van der Waals surface area contributed by atoms with Crippen molar-refractivity contribution >= 4 is 17.6 Å². The highest BCUT2D eigenvalue weighted by molar-refractivity contribution is 6.05. The fourth-order valence-corrected chi connectivity index (χ4v) is 1.34. The van der Waals surface area contributed by atoms with Crippen molar-refractivity contribution in [1.29, 1.82) is 0 Å². The van der Waals surface area contributed by atoms with E-state index in [1.807, 2.05) is 0 Å². The quantitative estimate of drug-likeness (QED) is 0.847. The molecule has 0 radical (unpaired) electrons. The molecule has 0 saturated carbocycles. The average molecular weight is 247 g/mol. The first-order chi connectivity index (χ1) is 8.58. The Labute approximate surface area is 101 Å². The maximum Gasteiger partial charge on any atom is 0.337 e. The molecule has 7 nitrogen and oxygen atoms in total. The Bertz CT molecular complexity index is 606. The second kappa shape index (κ2) is 4.66. The fourth-order valence-electron chi connectivity index (χ4n) is 1.34. The number of anilines is 1. The molecule has 0 fully saturated rings. The van der Waals surface area contributed by atoms with Gasteiger partial charge < -0.3 is 14.9 Å². The van der Waals surface area contributed by atoms with Crippen molar-refractivity contribution in [3.63, 3.8) is 0 Å². The Morgan fingerprint density at radius 1 is 1.33 bits per heavy atom. The first-order valence-corrected chi connectivity index (χ1v) is 4.99. The SMILES string of the molecule is Cc1oncc1C(=O)Nc1cncc(C(=O)O)c1. The van der Waals surface area contributed by atoms with Gasteiger partial charge in [-0.2, -0.15) is 0 Å². The van der Waals surface area contributed by atoms with Gasteiger partial charge in [-0.15, -0.1) is 0 Å². The lowest BCUT2D eigenvalue weighted by atomic mass is 10.2. The van der Waals surface area contributed by atoms with Gasteiger partial charge in [-0.1, -0.05) is 5.16 Å². The van der Waals surface area contributed by atoms with Crippen LogP contribution in [-0.4, -0.2) is 27.1 Å². The lowest BCUT2D eigenvalue weighted by Gasteiger charge is -2.03. The summed E-state index contributed by atoms with van der Waals surface area (Å²) in [5, 5.41) is 14.8. The zero-order chi connectivity index (χ0) is 13.1. The largest absolute Gasteiger partial charge is 0.478 e. The number of carboxylic acids is 1. The van der Waals surface area contributed by atoms with E-state index in [0.717, 1.165) is 0 Å². The molecule has 0 aliphatic carbocycles. The van der Waals surface area contributed by atoms with E-state index in [0.29, 0.717) is 11.4 Å². The van der Waals surface area contributed by atoms with E-state index < -0.39 is 11.9 Å². The molecule has 92 valence electrons. The van der Waals surface area contributed by atoms with Crippen LogP contribution >= 0.6 is 0 Å². The Kier molecular flexibility index (Phi) is 3.05. The van der Waals surface area contributed by atoms with Crippen LogP contribution in [0.3, 0.4) is 0 Å². The molecule has 2 rings (SSSR count). The summed E-state index contributed by atoms with van der Waals surface area (Å²) in [7, 11) is 0. The second-order valence-electron chi connectivity index (χ2n) is 3.52. The molecule has 2 N–H and O–H groups in total. The van der Waals surface area contributed by atoms with E-state index in [-0.39, 0.29) is 11.1 Å². The van der Waals surface area contributed by atoms with Crippen molar-refractivity contribution in [2.24, 2.45) is 0 Å². The van der Waals surface area contributed by atoms with Gasteiger partial charge in [0.2, 0.25) is 0 Å². The number of carbonyl (C=O) groups excluding carboxylic acids is 1. The molecular formula is C11H9N3O4. The highest BCUT2D eigenvalue weighted by Gasteiger charge is 2.13. The molecule has 7 heteroatoms. The molecule has 18 heavy (non-hydrogen) atoms. The van der Waals surface area contributed by atoms with Crippen LogP contribution in [0.4, 0.5) is 5.69 Å². The Morgan fingerprint density at radius 2 is 2.11 bits per heavy atom. The maximum atomic E-state index is 11.8. The number of nitrogens with zero attached hydrogens (tertiary/aromatic N) is 2. The summed E-state index contributed by atoms with van der Waals surface area (Å²) in [5.41, 5.74) is 0.575. The standard InChI is InChI=1S/C11H9N3O4/c1-6-9(5-13-18-6)10(15)14-8-2-7(11(16)17)3-12-4-8/h2-5H,1H3,(H,14,15)(H,16,17). The van der Waals surface area contributed by atoms with Crippen LogP contribution < -0.4 is 5.32 Å². The number of aromatic nitrogens is 2. The third-order valence-electron chi connectivity index (χ3n) is 2.24. The molecule has 0 aromatic carbocycles.